The lowest BCUT2D eigenvalue weighted by atomic mass is 9.92. The molecule has 0 radical (unpaired) electrons. The lowest BCUT2D eigenvalue weighted by Crippen LogP contribution is -2.04. The van der Waals surface area contributed by atoms with E-state index in [9.17, 15) is 0 Å². The molecule has 0 aliphatic carbocycles. The monoisotopic (exact) mass is 237 g/mol. The standard InChI is InChI=1S/C16H31N/c1-8-14(6)16(17-11-12(2)3)10-9-15(7)13(4)5/h11-13,15H,8-10H2,1-7H3/b16-14+,17-11-. The van der Waals surface area contributed by atoms with Crippen molar-refractivity contribution in [3.8, 4) is 0 Å². The van der Waals surface area contributed by atoms with Crippen molar-refractivity contribution in [1.82, 2.24) is 0 Å². The second-order valence-corrected chi connectivity index (χ2v) is 5.86. The summed E-state index contributed by atoms with van der Waals surface area (Å²) in [6.45, 7) is 15.7. The number of nitrogens with zero attached hydrogens (tertiary/aromatic N) is 1. The molecule has 100 valence electrons. The fraction of sp³-hybridized carbons (Fsp3) is 0.812. The van der Waals surface area contributed by atoms with Crippen molar-refractivity contribution in [2.45, 2.75) is 67.7 Å². The largest absolute Gasteiger partial charge is 0.265 e. The van der Waals surface area contributed by atoms with Gasteiger partial charge in [-0.3, -0.25) is 4.99 Å². The normalized spacial score (nSPS) is 15.8. The van der Waals surface area contributed by atoms with Crippen LogP contribution in [0.3, 0.4) is 0 Å². The first-order valence-electron chi connectivity index (χ1n) is 7.11. The molecule has 1 unspecified atom stereocenters. The van der Waals surface area contributed by atoms with E-state index in [2.05, 4.69) is 59.7 Å². The molecule has 0 aliphatic rings. The molecular weight excluding hydrogens is 206 g/mol. The van der Waals surface area contributed by atoms with Crippen LogP contribution in [0.1, 0.15) is 67.7 Å². The van der Waals surface area contributed by atoms with Gasteiger partial charge in [0.1, 0.15) is 0 Å². The Hall–Kier alpha value is -0.590. The van der Waals surface area contributed by atoms with Crippen LogP contribution in [0.5, 0.6) is 0 Å². The Kier molecular flexibility index (Phi) is 8.20. The van der Waals surface area contributed by atoms with Crippen LogP contribution in [0, 0.1) is 17.8 Å². The molecule has 1 nitrogen and oxygen atoms in total. The minimum Gasteiger partial charge on any atom is -0.265 e. The molecule has 17 heavy (non-hydrogen) atoms. The highest BCUT2D eigenvalue weighted by atomic mass is 14.7. The van der Waals surface area contributed by atoms with Gasteiger partial charge in [-0.2, -0.15) is 0 Å². The highest BCUT2D eigenvalue weighted by molar-refractivity contribution is 5.61. The molecule has 0 aromatic rings. The molecule has 0 N–H and O–H groups in total. The second kappa shape index (κ2) is 8.49. The molecular formula is C16H31N. The summed E-state index contributed by atoms with van der Waals surface area (Å²) in [6, 6.07) is 0. The van der Waals surface area contributed by atoms with Crippen LogP contribution < -0.4 is 0 Å². The van der Waals surface area contributed by atoms with Gasteiger partial charge in [-0.25, -0.2) is 0 Å². The molecule has 1 heteroatoms. The highest BCUT2D eigenvalue weighted by Crippen LogP contribution is 2.22. The zero-order valence-corrected chi connectivity index (χ0v) is 12.9. The lowest BCUT2D eigenvalue weighted by molar-refractivity contribution is 0.391. The lowest BCUT2D eigenvalue weighted by Gasteiger charge is -2.16. The molecule has 0 rings (SSSR count). The summed E-state index contributed by atoms with van der Waals surface area (Å²) in [6.07, 6.45) is 5.57. The fourth-order valence-corrected chi connectivity index (χ4v) is 1.53. The van der Waals surface area contributed by atoms with E-state index in [1.807, 2.05) is 0 Å². The van der Waals surface area contributed by atoms with Gasteiger partial charge in [0.05, 0.1) is 0 Å². The van der Waals surface area contributed by atoms with Crippen LogP contribution >= 0.6 is 0 Å². The Morgan fingerprint density at radius 3 is 2.12 bits per heavy atom. The topological polar surface area (TPSA) is 12.4 Å². The van der Waals surface area contributed by atoms with Crippen molar-refractivity contribution < 1.29 is 0 Å². The van der Waals surface area contributed by atoms with Gasteiger partial charge in [-0.15, -0.1) is 0 Å². The average Bonchev–Trinajstić information content (AvgIpc) is 2.27. The molecule has 0 aromatic carbocycles. The van der Waals surface area contributed by atoms with E-state index in [0.717, 1.165) is 24.7 Å². The summed E-state index contributed by atoms with van der Waals surface area (Å²) >= 11 is 0. The van der Waals surface area contributed by atoms with Gasteiger partial charge < -0.3 is 0 Å². The predicted molar refractivity (Wildman–Crippen MR) is 79.6 cm³/mol. The van der Waals surface area contributed by atoms with Crippen molar-refractivity contribution in [2.75, 3.05) is 0 Å². The number of hydrogen-bond donors (Lipinski definition) is 0. The van der Waals surface area contributed by atoms with E-state index >= 15 is 0 Å². The maximum absolute atomic E-state index is 4.68. The van der Waals surface area contributed by atoms with Gasteiger partial charge >= 0.3 is 0 Å². The van der Waals surface area contributed by atoms with Crippen LogP contribution in [-0.2, 0) is 0 Å². The minimum atomic E-state index is 0.539. The van der Waals surface area contributed by atoms with Gasteiger partial charge in [0.2, 0.25) is 0 Å². The third-order valence-electron chi connectivity index (χ3n) is 3.53. The van der Waals surface area contributed by atoms with Crippen LogP contribution in [0.15, 0.2) is 16.3 Å². The summed E-state index contributed by atoms with van der Waals surface area (Å²) in [5.41, 5.74) is 2.76. The summed E-state index contributed by atoms with van der Waals surface area (Å²) < 4.78 is 0. The first kappa shape index (κ1) is 16.4. The summed E-state index contributed by atoms with van der Waals surface area (Å²) in [4.78, 5) is 4.68. The first-order chi connectivity index (χ1) is 7.88. The smallest absolute Gasteiger partial charge is 0.0389 e. The molecule has 0 saturated heterocycles. The molecule has 0 fully saturated rings. The third-order valence-corrected chi connectivity index (χ3v) is 3.53. The minimum absolute atomic E-state index is 0.539. The van der Waals surface area contributed by atoms with Crippen LogP contribution in [0.4, 0.5) is 0 Å². The van der Waals surface area contributed by atoms with Crippen molar-refractivity contribution in [3.05, 3.63) is 11.3 Å². The summed E-state index contributed by atoms with van der Waals surface area (Å²) in [5.74, 6) is 2.09. The Morgan fingerprint density at radius 2 is 1.71 bits per heavy atom. The second-order valence-electron chi connectivity index (χ2n) is 5.86. The molecule has 0 heterocycles. The third kappa shape index (κ3) is 7.36. The van der Waals surface area contributed by atoms with E-state index < -0.39 is 0 Å². The Balaban J connectivity index is 4.53. The van der Waals surface area contributed by atoms with Gasteiger partial charge in [0, 0.05) is 11.9 Å². The van der Waals surface area contributed by atoms with Gasteiger partial charge in [-0.05, 0) is 43.9 Å². The molecule has 0 spiro atoms. The Morgan fingerprint density at radius 1 is 1.12 bits per heavy atom. The van der Waals surface area contributed by atoms with E-state index in [-0.39, 0.29) is 0 Å². The fourth-order valence-electron chi connectivity index (χ4n) is 1.53. The zero-order valence-electron chi connectivity index (χ0n) is 12.9. The zero-order chi connectivity index (χ0) is 13.4. The molecule has 0 aromatic heterocycles. The van der Waals surface area contributed by atoms with E-state index in [0.29, 0.717) is 5.92 Å². The van der Waals surface area contributed by atoms with Crippen molar-refractivity contribution in [2.24, 2.45) is 22.7 Å². The maximum atomic E-state index is 4.68. The molecule has 1 atom stereocenters. The Labute approximate surface area is 108 Å². The quantitative estimate of drug-likeness (QED) is 0.521. The molecule has 0 bridgehead atoms. The average molecular weight is 237 g/mol. The summed E-state index contributed by atoms with van der Waals surface area (Å²) in [7, 11) is 0. The van der Waals surface area contributed by atoms with Crippen LogP contribution in [0.2, 0.25) is 0 Å². The van der Waals surface area contributed by atoms with Gasteiger partial charge in [0.15, 0.2) is 0 Å². The number of aliphatic imine (C=N–C) groups is 1. The highest BCUT2D eigenvalue weighted by Gasteiger charge is 2.09. The molecule has 0 saturated carbocycles. The summed E-state index contributed by atoms with van der Waals surface area (Å²) in [5, 5.41) is 0. The number of rotatable bonds is 7. The van der Waals surface area contributed by atoms with E-state index in [4.69, 9.17) is 0 Å². The Bertz CT molecular complexity index is 259. The van der Waals surface area contributed by atoms with Crippen molar-refractivity contribution in [3.63, 3.8) is 0 Å². The molecule has 0 amide bonds. The van der Waals surface area contributed by atoms with E-state index in [1.165, 1.54) is 17.7 Å². The van der Waals surface area contributed by atoms with Crippen LogP contribution in [-0.4, -0.2) is 6.21 Å². The number of hydrogen-bond acceptors (Lipinski definition) is 1. The predicted octanol–water partition coefficient (Wildman–Crippen LogP) is 5.47. The van der Waals surface area contributed by atoms with Gasteiger partial charge in [-0.1, -0.05) is 47.1 Å². The van der Waals surface area contributed by atoms with Gasteiger partial charge in [0.25, 0.3) is 0 Å². The van der Waals surface area contributed by atoms with Crippen molar-refractivity contribution >= 4 is 6.21 Å². The first-order valence-corrected chi connectivity index (χ1v) is 7.11. The number of allylic oxidation sites excluding steroid dienone is 2. The SMILES string of the molecule is CC/C(C)=C(CCC(C)C(C)C)/N=C\C(C)C. The maximum Gasteiger partial charge on any atom is 0.0389 e. The van der Waals surface area contributed by atoms with Crippen molar-refractivity contribution in [1.29, 1.82) is 0 Å². The van der Waals surface area contributed by atoms with E-state index in [1.54, 1.807) is 0 Å². The molecule has 0 aliphatic heterocycles. The van der Waals surface area contributed by atoms with Crippen LogP contribution in [0.25, 0.3) is 0 Å².